The van der Waals surface area contributed by atoms with Crippen LogP contribution in [0, 0.1) is 17.5 Å². The molecule has 0 aromatic heterocycles. The molecule has 1 aliphatic rings. The number of likely N-dealkylation sites (tertiary alicyclic amines) is 1. The quantitative estimate of drug-likeness (QED) is 0.246. The summed E-state index contributed by atoms with van der Waals surface area (Å²) in [6, 6.07) is 15.8. The summed E-state index contributed by atoms with van der Waals surface area (Å²) in [7, 11) is 1.32. The summed E-state index contributed by atoms with van der Waals surface area (Å²) in [5.41, 5.74) is 2.95. The van der Waals surface area contributed by atoms with E-state index >= 15 is 0 Å². The van der Waals surface area contributed by atoms with Gasteiger partial charge < -0.3 is 15.0 Å². The van der Waals surface area contributed by atoms with Crippen molar-refractivity contribution in [2.75, 3.05) is 25.5 Å². The van der Waals surface area contributed by atoms with Crippen molar-refractivity contribution >= 4 is 29.5 Å². The number of ether oxygens (including phenoxy) is 1. The molecule has 0 atom stereocenters. The van der Waals surface area contributed by atoms with E-state index in [9.17, 15) is 27.6 Å². The Labute approximate surface area is 224 Å². The van der Waals surface area contributed by atoms with Crippen LogP contribution in [0.2, 0.25) is 0 Å². The Kier molecular flexibility index (Phi) is 8.81. The SMILES string of the molecule is COC(=O)c1ccc(CC(=O)N2CCC(c3ccc(NC(=O)/C=C/c4cc(F)c(F)c(F)c4)cc3)CC2)cc1. The molecule has 0 bridgehead atoms. The minimum Gasteiger partial charge on any atom is -0.465 e. The zero-order valence-corrected chi connectivity index (χ0v) is 21.3. The number of piperidine rings is 1. The van der Waals surface area contributed by atoms with Gasteiger partial charge in [0.25, 0.3) is 0 Å². The van der Waals surface area contributed by atoms with Crippen LogP contribution in [0.3, 0.4) is 0 Å². The van der Waals surface area contributed by atoms with Crippen LogP contribution < -0.4 is 5.32 Å². The second-order valence-electron chi connectivity index (χ2n) is 9.26. The van der Waals surface area contributed by atoms with Gasteiger partial charge in [-0.2, -0.15) is 0 Å². The normalized spacial score (nSPS) is 13.9. The summed E-state index contributed by atoms with van der Waals surface area (Å²) in [6.45, 7) is 1.27. The van der Waals surface area contributed by atoms with Crippen molar-refractivity contribution in [1.82, 2.24) is 4.90 Å². The van der Waals surface area contributed by atoms with Gasteiger partial charge in [0.15, 0.2) is 17.5 Å². The maximum Gasteiger partial charge on any atom is 0.337 e. The Morgan fingerprint density at radius 1 is 0.949 bits per heavy atom. The Bertz CT molecular complexity index is 1360. The fourth-order valence-electron chi connectivity index (χ4n) is 4.49. The van der Waals surface area contributed by atoms with Crippen LogP contribution in [0.4, 0.5) is 18.9 Å². The smallest absolute Gasteiger partial charge is 0.337 e. The summed E-state index contributed by atoms with van der Waals surface area (Å²) in [5.74, 6) is -4.81. The summed E-state index contributed by atoms with van der Waals surface area (Å²) >= 11 is 0. The van der Waals surface area contributed by atoms with Gasteiger partial charge in [0.2, 0.25) is 11.8 Å². The van der Waals surface area contributed by atoms with Crippen molar-refractivity contribution < 1.29 is 32.3 Å². The van der Waals surface area contributed by atoms with E-state index in [1.54, 1.807) is 36.4 Å². The topological polar surface area (TPSA) is 75.7 Å². The first-order valence-electron chi connectivity index (χ1n) is 12.4. The number of carbonyl (C=O) groups is 3. The van der Waals surface area contributed by atoms with Crippen LogP contribution in [0.15, 0.2) is 66.7 Å². The van der Waals surface area contributed by atoms with Crippen molar-refractivity contribution in [2.45, 2.75) is 25.2 Å². The molecule has 2 amide bonds. The second-order valence-corrected chi connectivity index (χ2v) is 9.26. The number of benzene rings is 3. The van der Waals surface area contributed by atoms with E-state index in [1.165, 1.54) is 13.2 Å². The number of nitrogens with zero attached hydrogens (tertiary/aromatic N) is 1. The number of hydrogen-bond acceptors (Lipinski definition) is 4. The fourth-order valence-corrected chi connectivity index (χ4v) is 4.49. The second kappa shape index (κ2) is 12.4. The molecule has 0 aliphatic carbocycles. The largest absolute Gasteiger partial charge is 0.465 e. The summed E-state index contributed by atoms with van der Waals surface area (Å²) in [4.78, 5) is 38.4. The molecule has 1 N–H and O–H groups in total. The van der Waals surface area contributed by atoms with E-state index in [2.05, 4.69) is 5.32 Å². The molecule has 1 heterocycles. The van der Waals surface area contributed by atoms with E-state index in [4.69, 9.17) is 4.74 Å². The van der Waals surface area contributed by atoms with E-state index in [1.807, 2.05) is 17.0 Å². The van der Waals surface area contributed by atoms with E-state index in [-0.39, 0.29) is 23.8 Å². The number of methoxy groups -OCH3 is 1. The third-order valence-electron chi connectivity index (χ3n) is 6.66. The molecule has 1 fully saturated rings. The van der Waals surface area contributed by atoms with Gasteiger partial charge >= 0.3 is 5.97 Å². The lowest BCUT2D eigenvalue weighted by atomic mass is 9.89. The molecule has 0 spiro atoms. The molecule has 3 aromatic rings. The molecule has 0 unspecified atom stereocenters. The average Bonchev–Trinajstić information content (AvgIpc) is 2.95. The van der Waals surface area contributed by atoms with Crippen LogP contribution >= 0.6 is 0 Å². The number of amides is 2. The van der Waals surface area contributed by atoms with Gasteiger partial charge in [-0.25, -0.2) is 18.0 Å². The van der Waals surface area contributed by atoms with Crippen LogP contribution in [-0.4, -0.2) is 42.9 Å². The van der Waals surface area contributed by atoms with E-state index in [0.29, 0.717) is 24.3 Å². The highest BCUT2D eigenvalue weighted by atomic mass is 19.2. The van der Waals surface area contributed by atoms with Crippen molar-refractivity contribution in [3.05, 3.63) is 106 Å². The minimum atomic E-state index is -1.56. The Balaban J connectivity index is 1.25. The predicted octanol–water partition coefficient (Wildman–Crippen LogP) is 5.49. The molecular formula is C30H27F3N2O4. The molecule has 0 radical (unpaired) electrons. The number of esters is 1. The zero-order chi connectivity index (χ0) is 27.9. The highest BCUT2D eigenvalue weighted by Crippen LogP contribution is 2.29. The van der Waals surface area contributed by atoms with Crippen molar-refractivity contribution in [3.63, 3.8) is 0 Å². The fraction of sp³-hybridized carbons (Fsp3) is 0.233. The monoisotopic (exact) mass is 536 g/mol. The number of carbonyl (C=O) groups excluding carboxylic acids is 3. The molecule has 4 rings (SSSR count). The summed E-state index contributed by atoms with van der Waals surface area (Å²) in [6.07, 6.45) is 4.19. The Morgan fingerprint density at radius 3 is 2.15 bits per heavy atom. The number of rotatable bonds is 7. The number of nitrogens with one attached hydrogen (secondary N) is 1. The van der Waals surface area contributed by atoms with Gasteiger partial charge in [0.1, 0.15) is 0 Å². The molecule has 1 aliphatic heterocycles. The third kappa shape index (κ3) is 7.13. The maximum atomic E-state index is 13.3. The van der Waals surface area contributed by atoms with Crippen molar-refractivity contribution in [3.8, 4) is 0 Å². The molecule has 6 nitrogen and oxygen atoms in total. The maximum absolute atomic E-state index is 13.3. The highest BCUT2D eigenvalue weighted by molar-refractivity contribution is 6.01. The van der Waals surface area contributed by atoms with Crippen LogP contribution in [0.25, 0.3) is 6.08 Å². The van der Waals surface area contributed by atoms with Crippen LogP contribution in [-0.2, 0) is 20.7 Å². The Morgan fingerprint density at radius 2 is 1.56 bits per heavy atom. The van der Waals surface area contributed by atoms with Crippen molar-refractivity contribution in [2.24, 2.45) is 0 Å². The van der Waals surface area contributed by atoms with Crippen molar-refractivity contribution in [1.29, 1.82) is 0 Å². The molecule has 3 aromatic carbocycles. The van der Waals surface area contributed by atoms with Gasteiger partial charge in [-0.15, -0.1) is 0 Å². The first-order valence-corrected chi connectivity index (χ1v) is 12.4. The van der Waals surface area contributed by atoms with Gasteiger partial charge in [0.05, 0.1) is 19.1 Å². The highest BCUT2D eigenvalue weighted by Gasteiger charge is 2.24. The van der Waals surface area contributed by atoms with Crippen LogP contribution in [0.5, 0.6) is 0 Å². The molecular weight excluding hydrogens is 509 g/mol. The summed E-state index contributed by atoms with van der Waals surface area (Å²) in [5, 5.41) is 2.68. The molecule has 39 heavy (non-hydrogen) atoms. The van der Waals surface area contributed by atoms with Gasteiger partial charge in [0, 0.05) is 24.9 Å². The summed E-state index contributed by atoms with van der Waals surface area (Å²) < 4.78 is 44.4. The molecule has 9 heteroatoms. The zero-order valence-electron chi connectivity index (χ0n) is 21.3. The standard InChI is InChI=1S/C30H27F3N2O4/c1-39-30(38)23-5-2-19(3-6-23)18-28(37)35-14-12-22(13-15-35)21-7-9-24(10-8-21)34-27(36)11-4-20-16-25(31)29(33)26(32)17-20/h2-11,16-17,22H,12-15,18H2,1H3,(H,34,36)/b11-4+. The minimum absolute atomic E-state index is 0.0261. The van der Waals surface area contributed by atoms with Crippen LogP contribution in [0.1, 0.15) is 45.8 Å². The van der Waals surface area contributed by atoms with Gasteiger partial charge in [-0.1, -0.05) is 24.3 Å². The predicted molar refractivity (Wildman–Crippen MR) is 140 cm³/mol. The molecule has 202 valence electrons. The first-order chi connectivity index (χ1) is 18.7. The lowest BCUT2D eigenvalue weighted by Crippen LogP contribution is -2.38. The number of anilines is 1. The lowest BCUT2D eigenvalue weighted by molar-refractivity contribution is -0.131. The number of halogens is 3. The van der Waals surface area contributed by atoms with Gasteiger partial charge in [-0.3, -0.25) is 9.59 Å². The molecule has 0 saturated carbocycles. The van der Waals surface area contributed by atoms with Gasteiger partial charge in [-0.05, 0) is 77.9 Å². The van der Waals surface area contributed by atoms with E-state index < -0.39 is 29.3 Å². The first kappa shape index (κ1) is 27.6. The Hall–Kier alpha value is -4.40. The number of hydrogen-bond donors (Lipinski definition) is 1. The third-order valence-corrected chi connectivity index (χ3v) is 6.66. The average molecular weight is 537 g/mol. The lowest BCUT2D eigenvalue weighted by Gasteiger charge is -2.32. The molecule has 1 saturated heterocycles. The van der Waals surface area contributed by atoms with E-state index in [0.717, 1.165) is 42.2 Å².